The summed E-state index contributed by atoms with van der Waals surface area (Å²) in [6, 6.07) is 1.65. The van der Waals surface area contributed by atoms with Crippen molar-refractivity contribution in [2.24, 2.45) is 0 Å². The van der Waals surface area contributed by atoms with E-state index in [0.717, 1.165) is 5.01 Å². The van der Waals surface area contributed by atoms with E-state index in [1.807, 2.05) is 0 Å². The molecule has 1 N–H and O–H groups in total. The predicted octanol–water partition coefficient (Wildman–Crippen LogP) is 0.129. The van der Waals surface area contributed by atoms with Gasteiger partial charge in [0.25, 0.3) is 0 Å². The van der Waals surface area contributed by atoms with Crippen LogP contribution in [0.3, 0.4) is 0 Å². The van der Waals surface area contributed by atoms with E-state index in [4.69, 9.17) is 5.11 Å². The highest BCUT2D eigenvalue weighted by Crippen LogP contribution is 1.85. The first-order valence-corrected chi connectivity index (χ1v) is 2.68. The highest BCUT2D eigenvalue weighted by molar-refractivity contribution is 5.75. The Balaban J connectivity index is 2.77. The second-order valence-electron chi connectivity index (χ2n) is 1.73. The van der Waals surface area contributed by atoms with Crippen LogP contribution in [0.1, 0.15) is 0 Å². The molecule has 0 spiro atoms. The van der Waals surface area contributed by atoms with Gasteiger partial charge in [-0.1, -0.05) is 0 Å². The van der Waals surface area contributed by atoms with E-state index in [-0.39, 0.29) is 0 Å². The van der Waals surface area contributed by atoms with Gasteiger partial charge in [0, 0.05) is 13.2 Å². The molecular weight excluding hydrogens is 134 g/mol. The van der Waals surface area contributed by atoms with Crippen molar-refractivity contribution in [3.63, 3.8) is 0 Å². The van der Waals surface area contributed by atoms with E-state index in [1.165, 1.54) is 18.0 Å². The van der Waals surface area contributed by atoms with Gasteiger partial charge in [0.05, 0.1) is 6.20 Å². The topological polar surface area (TPSA) is 58.4 Å². The van der Waals surface area contributed by atoms with Crippen molar-refractivity contribution in [3.8, 4) is 0 Å². The Labute approximate surface area is 57.5 Å². The summed E-state index contributed by atoms with van der Waals surface area (Å²) >= 11 is 0. The third kappa shape index (κ3) is 1.07. The lowest BCUT2D eigenvalue weighted by Gasteiger charge is -2.10. The lowest BCUT2D eigenvalue weighted by molar-refractivity contribution is 0.195. The number of hydrogen-bond acceptors (Lipinski definition) is 2. The first-order chi connectivity index (χ1) is 4.72. The van der Waals surface area contributed by atoms with Gasteiger partial charge in [0.15, 0.2) is 0 Å². The van der Waals surface area contributed by atoms with E-state index in [1.54, 1.807) is 12.3 Å². The van der Waals surface area contributed by atoms with Crippen LogP contribution in [0.25, 0.3) is 0 Å². The van der Waals surface area contributed by atoms with Crippen LogP contribution < -0.4 is 5.01 Å². The van der Waals surface area contributed by atoms with Crippen LogP contribution in [0, 0.1) is 0 Å². The molecule has 0 fully saturated rings. The molecule has 1 rings (SSSR count). The van der Waals surface area contributed by atoms with Gasteiger partial charge in [-0.05, 0) is 6.07 Å². The van der Waals surface area contributed by atoms with Crippen molar-refractivity contribution in [3.05, 3.63) is 18.5 Å². The predicted molar refractivity (Wildman–Crippen MR) is 34.4 cm³/mol. The van der Waals surface area contributed by atoms with Gasteiger partial charge in [0.2, 0.25) is 0 Å². The molecule has 5 nitrogen and oxygen atoms in total. The maximum atomic E-state index is 10.3. The zero-order valence-electron chi connectivity index (χ0n) is 5.43. The summed E-state index contributed by atoms with van der Waals surface area (Å²) in [4.78, 5) is 11.5. The quantitative estimate of drug-likeness (QED) is 0.604. The van der Waals surface area contributed by atoms with Gasteiger partial charge in [-0.3, -0.25) is 0 Å². The third-order valence-corrected chi connectivity index (χ3v) is 1.07. The minimum absolute atomic E-state index is 0.972. The third-order valence-electron chi connectivity index (χ3n) is 1.07. The van der Waals surface area contributed by atoms with Crippen molar-refractivity contribution in [1.82, 2.24) is 9.89 Å². The van der Waals surface area contributed by atoms with Gasteiger partial charge in [-0.2, -0.15) is 9.89 Å². The molecule has 10 heavy (non-hydrogen) atoms. The summed E-state index contributed by atoms with van der Waals surface area (Å²) in [5.41, 5.74) is 0. The summed E-state index contributed by atoms with van der Waals surface area (Å²) in [7, 11) is 1.41. The van der Waals surface area contributed by atoms with Crippen LogP contribution in [0.15, 0.2) is 18.5 Å². The van der Waals surface area contributed by atoms with Crippen LogP contribution >= 0.6 is 0 Å². The lowest BCUT2D eigenvalue weighted by Crippen LogP contribution is -2.35. The average Bonchev–Trinajstić information content (AvgIpc) is 2.36. The molecule has 0 aromatic carbocycles. The first kappa shape index (κ1) is 6.60. The van der Waals surface area contributed by atoms with E-state index in [2.05, 4.69) is 5.10 Å². The van der Waals surface area contributed by atoms with Gasteiger partial charge in [0.1, 0.15) is 0 Å². The summed E-state index contributed by atoms with van der Waals surface area (Å²) in [5.74, 6) is 0. The second kappa shape index (κ2) is 2.38. The van der Waals surface area contributed by atoms with E-state index in [0.29, 0.717) is 0 Å². The fraction of sp³-hybridized carbons (Fsp3) is 0.200. The Hall–Kier alpha value is -1.52. The van der Waals surface area contributed by atoms with Crippen LogP contribution in [-0.4, -0.2) is 28.1 Å². The standard InChI is InChI=1S/C5H7N3O2/c1-7(5(9)10)8-4-2-3-6-8/h2-4H,1H3,(H,9,10). The molecule has 1 amide bonds. The van der Waals surface area contributed by atoms with Crippen molar-refractivity contribution in [2.45, 2.75) is 0 Å². The molecule has 5 heteroatoms. The molecular formula is C5H7N3O2. The molecule has 1 aromatic heterocycles. The number of carbonyl (C=O) groups is 1. The number of aromatic nitrogens is 2. The van der Waals surface area contributed by atoms with Gasteiger partial charge < -0.3 is 5.11 Å². The Morgan fingerprint density at radius 1 is 1.80 bits per heavy atom. The molecule has 1 heterocycles. The second-order valence-corrected chi connectivity index (χ2v) is 1.73. The number of rotatable bonds is 1. The minimum atomic E-state index is -1.04. The fourth-order valence-electron chi connectivity index (χ4n) is 0.526. The fourth-order valence-corrected chi connectivity index (χ4v) is 0.526. The summed E-state index contributed by atoms with van der Waals surface area (Å²) in [6.45, 7) is 0. The average molecular weight is 141 g/mol. The van der Waals surface area contributed by atoms with Crippen LogP contribution in [0.4, 0.5) is 4.79 Å². The Morgan fingerprint density at radius 3 is 2.90 bits per heavy atom. The molecule has 0 radical (unpaired) electrons. The Kier molecular flexibility index (Phi) is 1.57. The molecule has 54 valence electrons. The zero-order valence-corrected chi connectivity index (χ0v) is 5.43. The normalized spacial score (nSPS) is 9.30. The van der Waals surface area contributed by atoms with Crippen LogP contribution in [-0.2, 0) is 0 Å². The molecule has 0 bridgehead atoms. The maximum absolute atomic E-state index is 10.3. The Bertz CT molecular complexity index is 219. The number of hydrogen-bond donors (Lipinski definition) is 1. The molecule has 0 aliphatic rings. The molecule has 0 aliphatic heterocycles. The van der Waals surface area contributed by atoms with Gasteiger partial charge >= 0.3 is 6.09 Å². The van der Waals surface area contributed by atoms with Crippen molar-refractivity contribution in [2.75, 3.05) is 12.1 Å². The van der Waals surface area contributed by atoms with Crippen molar-refractivity contribution < 1.29 is 9.90 Å². The molecule has 0 aliphatic carbocycles. The molecule has 0 saturated heterocycles. The molecule has 0 unspecified atom stereocenters. The summed E-state index contributed by atoms with van der Waals surface area (Å²) in [6.07, 6.45) is 2.02. The summed E-state index contributed by atoms with van der Waals surface area (Å²) in [5, 5.41) is 13.1. The van der Waals surface area contributed by atoms with E-state index in [9.17, 15) is 4.79 Å². The highest BCUT2D eigenvalue weighted by Gasteiger charge is 2.05. The van der Waals surface area contributed by atoms with Crippen LogP contribution in [0.5, 0.6) is 0 Å². The largest absolute Gasteiger partial charge is 0.464 e. The van der Waals surface area contributed by atoms with E-state index < -0.39 is 6.09 Å². The van der Waals surface area contributed by atoms with Crippen molar-refractivity contribution >= 4 is 6.09 Å². The smallest absolute Gasteiger partial charge is 0.427 e. The minimum Gasteiger partial charge on any atom is -0.464 e. The highest BCUT2D eigenvalue weighted by atomic mass is 16.4. The Morgan fingerprint density at radius 2 is 2.50 bits per heavy atom. The first-order valence-electron chi connectivity index (χ1n) is 2.68. The SMILES string of the molecule is CN(C(=O)O)n1cccn1. The number of amides is 1. The molecule has 0 atom stereocenters. The molecule has 1 aromatic rings. The number of carboxylic acid groups (broad SMARTS) is 1. The van der Waals surface area contributed by atoms with Gasteiger partial charge in [-0.15, -0.1) is 0 Å². The van der Waals surface area contributed by atoms with Gasteiger partial charge in [-0.25, -0.2) is 9.80 Å². The summed E-state index contributed by atoms with van der Waals surface area (Å²) < 4.78 is 0. The molecule has 0 saturated carbocycles. The lowest BCUT2D eigenvalue weighted by atomic mass is 10.8. The number of nitrogens with zero attached hydrogens (tertiary/aromatic N) is 3. The van der Waals surface area contributed by atoms with E-state index >= 15 is 0 Å². The van der Waals surface area contributed by atoms with Crippen molar-refractivity contribution in [1.29, 1.82) is 0 Å². The van der Waals surface area contributed by atoms with Crippen LogP contribution in [0.2, 0.25) is 0 Å². The monoisotopic (exact) mass is 141 g/mol. The zero-order chi connectivity index (χ0) is 7.56. The maximum Gasteiger partial charge on any atom is 0.427 e.